The molecule has 4 aromatic rings. The van der Waals surface area contributed by atoms with Crippen molar-refractivity contribution in [2.24, 2.45) is 0 Å². The summed E-state index contributed by atoms with van der Waals surface area (Å²) in [5.41, 5.74) is 4.36. The van der Waals surface area contributed by atoms with Gasteiger partial charge in [0, 0.05) is 24.1 Å². The molecule has 35 heavy (non-hydrogen) atoms. The summed E-state index contributed by atoms with van der Waals surface area (Å²) in [6.45, 7) is 4.21. The lowest BCUT2D eigenvalue weighted by Gasteiger charge is -2.13. The van der Waals surface area contributed by atoms with E-state index in [1.165, 1.54) is 13.3 Å². The van der Waals surface area contributed by atoms with Crippen LogP contribution in [0.25, 0.3) is 0 Å². The molecule has 2 aromatic heterocycles. The first-order valence-electron chi connectivity index (χ1n) is 10.8. The first kappa shape index (κ1) is 24.0. The number of benzene rings is 2. The van der Waals surface area contributed by atoms with Gasteiger partial charge in [-0.15, -0.1) is 0 Å². The number of nitrogens with one attached hydrogen (secondary N) is 2. The van der Waals surface area contributed by atoms with Crippen LogP contribution in [-0.2, 0) is 6.54 Å². The van der Waals surface area contributed by atoms with Gasteiger partial charge in [0.25, 0.3) is 11.8 Å². The number of nitrogens with zero attached hydrogens (tertiary/aromatic N) is 3. The molecule has 0 aliphatic heterocycles. The minimum Gasteiger partial charge on any atom is -0.494 e. The zero-order chi connectivity index (χ0) is 24.9. The molecule has 2 aromatic carbocycles. The predicted octanol–water partition coefficient (Wildman–Crippen LogP) is 5.11. The average molecular weight is 490 g/mol. The first-order valence-corrected chi connectivity index (χ1v) is 11.2. The second kappa shape index (κ2) is 10.4. The molecular formula is C26H24ClN5O3. The summed E-state index contributed by atoms with van der Waals surface area (Å²) >= 11 is 6.53. The molecule has 0 spiro atoms. The molecule has 0 aliphatic carbocycles. The SMILES string of the molecule is COc1cc(NC(=O)c2c(C)nn(Cc3ccc(C)cc3)c2Cl)ccc1NC(=O)c1cccnc1. The van der Waals surface area contributed by atoms with Crippen LogP contribution in [0, 0.1) is 13.8 Å². The van der Waals surface area contributed by atoms with E-state index in [0.717, 1.165) is 11.1 Å². The first-order chi connectivity index (χ1) is 16.9. The van der Waals surface area contributed by atoms with Crippen LogP contribution in [0.4, 0.5) is 11.4 Å². The Labute approximate surface area is 207 Å². The van der Waals surface area contributed by atoms with E-state index < -0.39 is 5.91 Å². The van der Waals surface area contributed by atoms with Crippen molar-refractivity contribution in [1.29, 1.82) is 0 Å². The summed E-state index contributed by atoms with van der Waals surface area (Å²) in [4.78, 5) is 29.5. The molecule has 0 aliphatic rings. The highest BCUT2D eigenvalue weighted by Crippen LogP contribution is 2.29. The van der Waals surface area contributed by atoms with Crippen LogP contribution in [0.5, 0.6) is 5.75 Å². The van der Waals surface area contributed by atoms with E-state index in [9.17, 15) is 9.59 Å². The highest BCUT2D eigenvalue weighted by molar-refractivity contribution is 6.33. The van der Waals surface area contributed by atoms with Gasteiger partial charge in [0.2, 0.25) is 0 Å². The number of carbonyl (C=O) groups excluding carboxylic acids is 2. The molecule has 0 radical (unpaired) electrons. The Hall–Kier alpha value is -4.17. The van der Waals surface area contributed by atoms with E-state index in [1.807, 2.05) is 31.2 Å². The van der Waals surface area contributed by atoms with Gasteiger partial charge in [-0.2, -0.15) is 5.10 Å². The fourth-order valence-corrected chi connectivity index (χ4v) is 3.86. The van der Waals surface area contributed by atoms with E-state index in [1.54, 1.807) is 48.1 Å². The molecule has 0 fully saturated rings. The number of halogens is 1. The highest BCUT2D eigenvalue weighted by atomic mass is 35.5. The Balaban J connectivity index is 1.50. The zero-order valence-electron chi connectivity index (χ0n) is 19.5. The lowest BCUT2D eigenvalue weighted by Crippen LogP contribution is -2.15. The Bertz CT molecular complexity index is 1370. The molecule has 2 amide bonds. The smallest absolute Gasteiger partial charge is 0.260 e. The van der Waals surface area contributed by atoms with Crippen molar-refractivity contribution in [1.82, 2.24) is 14.8 Å². The second-order valence-electron chi connectivity index (χ2n) is 7.96. The summed E-state index contributed by atoms with van der Waals surface area (Å²) in [6, 6.07) is 16.3. The number of rotatable bonds is 7. The number of amides is 2. The molecule has 2 N–H and O–H groups in total. The lowest BCUT2D eigenvalue weighted by atomic mass is 10.1. The number of pyridine rings is 1. The van der Waals surface area contributed by atoms with Crippen molar-refractivity contribution in [2.45, 2.75) is 20.4 Å². The van der Waals surface area contributed by atoms with Gasteiger partial charge in [-0.1, -0.05) is 41.4 Å². The fourth-order valence-electron chi connectivity index (χ4n) is 3.54. The number of carbonyl (C=O) groups is 2. The third kappa shape index (κ3) is 5.50. The number of aryl methyl sites for hydroxylation is 2. The van der Waals surface area contributed by atoms with E-state index in [4.69, 9.17) is 16.3 Å². The van der Waals surface area contributed by atoms with Gasteiger partial charge in [-0.05, 0) is 43.7 Å². The van der Waals surface area contributed by atoms with E-state index in [2.05, 4.69) is 20.7 Å². The van der Waals surface area contributed by atoms with Crippen molar-refractivity contribution in [3.63, 3.8) is 0 Å². The molecular weight excluding hydrogens is 466 g/mol. The normalized spacial score (nSPS) is 10.6. The molecule has 178 valence electrons. The quantitative estimate of drug-likeness (QED) is 0.376. The van der Waals surface area contributed by atoms with Crippen LogP contribution in [0.3, 0.4) is 0 Å². The Morgan fingerprint density at radius 2 is 1.80 bits per heavy atom. The topological polar surface area (TPSA) is 98.1 Å². The summed E-state index contributed by atoms with van der Waals surface area (Å²) < 4.78 is 7.02. The fraction of sp³-hybridized carbons (Fsp3) is 0.154. The lowest BCUT2D eigenvalue weighted by molar-refractivity contribution is 0.101. The van der Waals surface area contributed by atoms with Crippen LogP contribution < -0.4 is 15.4 Å². The average Bonchev–Trinajstić information content (AvgIpc) is 3.14. The van der Waals surface area contributed by atoms with Crippen molar-refractivity contribution in [3.05, 3.63) is 100 Å². The third-order valence-corrected chi connectivity index (χ3v) is 5.76. The van der Waals surface area contributed by atoms with Gasteiger partial charge in [0.15, 0.2) is 0 Å². The van der Waals surface area contributed by atoms with Crippen molar-refractivity contribution in [3.8, 4) is 5.75 Å². The zero-order valence-corrected chi connectivity index (χ0v) is 20.3. The third-order valence-electron chi connectivity index (χ3n) is 5.38. The molecule has 9 heteroatoms. The molecule has 0 saturated carbocycles. The Morgan fingerprint density at radius 3 is 2.49 bits per heavy atom. The van der Waals surface area contributed by atoms with E-state index >= 15 is 0 Å². The van der Waals surface area contributed by atoms with Crippen molar-refractivity contribution < 1.29 is 14.3 Å². The molecule has 0 saturated heterocycles. The van der Waals surface area contributed by atoms with Gasteiger partial charge in [-0.25, -0.2) is 4.68 Å². The molecule has 0 unspecified atom stereocenters. The van der Waals surface area contributed by atoms with Crippen molar-refractivity contribution in [2.75, 3.05) is 17.7 Å². The molecule has 0 atom stereocenters. The van der Waals surface area contributed by atoms with E-state index in [-0.39, 0.29) is 11.1 Å². The Morgan fingerprint density at radius 1 is 1.03 bits per heavy atom. The number of hydrogen-bond acceptors (Lipinski definition) is 5. The molecule has 8 nitrogen and oxygen atoms in total. The Kier molecular flexibility index (Phi) is 7.12. The number of ether oxygens (including phenoxy) is 1. The summed E-state index contributed by atoms with van der Waals surface area (Å²) in [5, 5.41) is 10.3. The maximum atomic E-state index is 13.0. The maximum Gasteiger partial charge on any atom is 0.260 e. The largest absolute Gasteiger partial charge is 0.494 e. The van der Waals surface area contributed by atoms with Gasteiger partial charge in [0.1, 0.15) is 10.9 Å². The summed E-state index contributed by atoms with van der Waals surface area (Å²) in [7, 11) is 1.48. The van der Waals surface area contributed by atoms with Crippen LogP contribution in [0.15, 0.2) is 67.0 Å². The molecule has 2 heterocycles. The van der Waals surface area contributed by atoms with Gasteiger partial charge in [-0.3, -0.25) is 14.6 Å². The van der Waals surface area contributed by atoms with Crippen LogP contribution in [0.1, 0.15) is 37.5 Å². The van der Waals surface area contributed by atoms with Gasteiger partial charge in [0.05, 0.1) is 36.2 Å². The number of anilines is 2. The summed E-state index contributed by atoms with van der Waals surface area (Å²) in [5.74, 6) is -0.327. The minimum atomic E-state index is -0.392. The van der Waals surface area contributed by atoms with Crippen molar-refractivity contribution >= 4 is 34.8 Å². The monoisotopic (exact) mass is 489 g/mol. The molecule has 0 bridgehead atoms. The predicted molar refractivity (Wildman–Crippen MR) is 135 cm³/mol. The van der Waals surface area contributed by atoms with Crippen LogP contribution >= 0.6 is 11.6 Å². The maximum absolute atomic E-state index is 13.0. The minimum absolute atomic E-state index is 0.257. The number of hydrogen-bond donors (Lipinski definition) is 2. The van der Waals surface area contributed by atoms with E-state index in [0.29, 0.717) is 40.5 Å². The standard InChI is InChI=1S/C26H24ClN5O3/c1-16-6-8-18(9-7-16)15-32-24(27)23(17(2)31-32)26(34)29-20-10-11-21(22(13-20)35-3)30-25(33)19-5-4-12-28-14-19/h4-14H,15H2,1-3H3,(H,29,34)(H,30,33). The highest BCUT2D eigenvalue weighted by Gasteiger charge is 2.21. The van der Waals surface area contributed by atoms with Gasteiger partial charge < -0.3 is 15.4 Å². The summed E-state index contributed by atoms with van der Waals surface area (Å²) in [6.07, 6.45) is 3.07. The number of aromatic nitrogens is 3. The molecule has 4 rings (SSSR count). The number of methoxy groups -OCH3 is 1. The van der Waals surface area contributed by atoms with Crippen LogP contribution in [-0.4, -0.2) is 33.7 Å². The van der Waals surface area contributed by atoms with Gasteiger partial charge >= 0.3 is 0 Å². The van der Waals surface area contributed by atoms with Crippen LogP contribution in [0.2, 0.25) is 5.15 Å². The second-order valence-corrected chi connectivity index (χ2v) is 8.32.